The average molecular weight is 421 g/mol. The van der Waals surface area contributed by atoms with Crippen molar-refractivity contribution in [2.75, 3.05) is 0 Å². The van der Waals surface area contributed by atoms with E-state index >= 15 is 0 Å². The summed E-state index contributed by atoms with van der Waals surface area (Å²) in [5, 5.41) is 9.56. The summed E-state index contributed by atoms with van der Waals surface area (Å²) in [6.07, 6.45) is 3.63. The molecule has 0 radical (unpaired) electrons. The number of ether oxygens (including phenoxy) is 1. The number of rotatable bonds is 6. The third-order valence-corrected chi connectivity index (χ3v) is 5.00. The fourth-order valence-electron chi connectivity index (χ4n) is 2.49. The molecule has 0 aliphatic carbocycles. The van der Waals surface area contributed by atoms with E-state index in [1.165, 1.54) is 11.8 Å². The van der Waals surface area contributed by atoms with Gasteiger partial charge in [-0.15, -0.1) is 10.2 Å². The number of thioether (sulfide) groups is 1. The number of hydrogen-bond acceptors (Lipinski definition) is 6. The molecule has 0 saturated carbocycles. The number of imidazole rings is 1. The molecule has 0 saturated heterocycles. The highest BCUT2D eigenvalue weighted by atomic mass is 35.5. The number of benzene rings is 1. The van der Waals surface area contributed by atoms with Gasteiger partial charge in [0, 0.05) is 18.1 Å². The fourth-order valence-corrected chi connectivity index (χ4v) is 3.68. The minimum atomic E-state index is 0.222. The van der Waals surface area contributed by atoms with Crippen molar-refractivity contribution in [3.05, 3.63) is 69.9 Å². The Morgan fingerprint density at radius 1 is 1.19 bits per heavy atom. The van der Waals surface area contributed by atoms with E-state index in [9.17, 15) is 0 Å². The van der Waals surface area contributed by atoms with Crippen LogP contribution in [0.1, 0.15) is 17.1 Å². The molecule has 0 aliphatic rings. The Bertz CT molecular complexity index is 1100. The van der Waals surface area contributed by atoms with Gasteiger partial charge in [0.15, 0.2) is 12.3 Å². The molecule has 4 aromatic rings. The van der Waals surface area contributed by atoms with Gasteiger partial charge in [-0.2, -0.15) is 0 Å². The monoisotopic (exact) mass is 420 g/mol. The summed E-state index contributed by atoms with van der Waals surface area (Å²) >= 11 is 13.6. The zero-order valence-corrected chi connectivity index (χ0v) is 16.6. The average Bonchev–Trinajstić information content (AvgIpc) is 3.25. The van der Waals surface area contributed by atoms with Gasteiger partial charge >= 0.3 is 0 Å². The summed E-state index contributed by atoms with van der Waals surface area (Å²) in [4.78, 5) is 4.50. The highest BCUT2D eigenvalue weighted by Gasteiger charge is 2.11. The van der Waals surface area contributed by atoms with Gasteiger partial charge < -0.3 is 13.6 Å². The standard InChI is InChI=1S/C18H14Cl2N4O2S/c1-11-3-2-4-14(5-11)25-9-16-22-23-18(26-16)27-10-13-8-24-7-12(19)6-15(20)17(24)21-13/h2-8H,9-10H2,1H3. The molecule has 0 atom stereocenters. The van der Waals surface area contributed by atoms with Crippen molar-refractivity contribution in [3.63, 3.8) is 0 Å². The van der Waals surface area contributed by atoms with Crippen molar-refractivity contribution in [2.24, 2.45) is 0 Å². The lowest BCUT2D eigenvalue weighted by atomic mass is 10.2. The van der Waals surface area contributed by atoms with Gasteiger partial charge in [-0.1, -0.05) is 47.1 Å². The zero-order valence-electron chi connectivity index (χ0n) is 14.2. The number of halogens is 2. The molecular formula is C18H14Cl2N4O2S. The number of nitrogens with zero attached hydrogens (tertiary/aromatic N) is 4. The molecule has 9 heteroatoms. The molecule has 1 aromatic carbocycles. The summed E-state index contributed by atoms with van der Waals surface area (Å²) in [6.45, 7) is 2.23. The summed E-state index contributed by atoms with van der Waals surface area (Å²) < 4.78 is 13.1. The van der Waals surface area contributed by atoms with E-state index in [1.54, 1.807) is 16.7 Å². The van der Waals surface area contributed by atoms with E-state index in [0.29, 0.717) is 32.6 Å². The molecule has 3 aromatic heterocycles. The molecule has 0 spiro atoms. The van der Waals surface area contributed by atoms with Gasteiger partial charge in [0.25, 0.3) is 11.1 Å². The second-order valence-corrected chi connectivity index (χ2v) is 7.60. The first-order valence-electron chi connectivity index (χ1n) is 8.04. The maximum atomic E-state index is 6.16. The van der Waals surface area contributed by atoms with Crippen LogP contribution in [0.5, 0.6) is 5.75 Å². The van der Waals surface area contributed by atoms with E-state index in [-0.39, 0.29) is 6.61 Å². The van der Waals surface area contributed by atoms with Gasteiger partial charge in [0.05, 0.1) is 15.7 Å². The van der Waals surface area contributed by atoms with E-state index < -0.39 is 0 Å². The minimum Gasteiger partial charge on any atom is -0.484 e. The van der Waals surface area contributed by atoms with Crippen LogP contribution in [-0.2, 0) is 12.4 Å². The van der Waals surface area contributed by atoms with Crippen LogP contribution in [0.15, 0.2) is 52.4 Å². The van der Waals surface area contributed by atoms with E-state index in [4.69, 9.17) is 32.4 Å². The molecule has 3 heterocycles. The van der Waals surface area contributed by atoms with Crippen molar-refractivity contribution in [1.29, 1.82) is 0 Å². The Morgan fingerprint density at radius 2 is 2.07 bits per heavy atom. The van der Waals surface area contributed by atoms with Crippen LogP contribution in [0.25, 0.3) is 5.65 Å². The van der Waals surface area contributed by atoms with Crippen LogP contribution in [0.4, 0.5) is 0 Å². The second-order valence-electron chi connectivity index (χ2n) is 5.82. The second kappa shape index (κ2) is 7.80. The van der Waals surface area contributed by atoms with Crippen LogP contribution in [-0.4, -0.2) is 19.6 Å². The van der Waals surface area contributed by atoms with Gasteiger partial charge in [-0.3, -0.25) is 0 Å². The van der Waals surface area contributed by atoms with Crippen molar-refractivity contribution >= 4 is 40.6 Å². The lowest BCUT2D eigenvalue weighted by Gasteiger charge is -2.03. The molecule has 6 nitrogen and oxygen atoms in total. The van der Waals surface area contributed by atoms with Crippen molar-refractivity contribution in [3.8, 4) is 5.75 Å². The van der Waals surface area contributed by atoms with Gasteiger partial charge in [-0.25, -0.2) is 4.98 Å². The van der Waals surface area contributed by atoms with Crippen LogP contribution in [0.3, 0.4) is 0 Å². The smallest absolute Gasteiger partial charge is 0.277 e. The Kier molecular flexibility index (Phi) is 5.24. The lowest BCUT2D eigenvalue weighted by molar-refractivity contribution is 0.252. The number of aromatic nitrogens is 4. The highest BCUT2D eigenvalue weighted by molar-refractivity contribution is 7.98. The van der Waals surface area contributed by atoms with E-state index in [0.717, 1.165) is 17.0 Å². The quantitative estimate of drug-likeness (QED) is 0.399. The van der Waals surface area contributed by atoms with Crippen LogP contribution < -0.4 is 4.74 Å². The summed E-state index contributed by atoms with van der Waals surface area (Å²) in [5.74, 6) is 1.75. The van der Waals surface area contributed by atoms with Crippen LogP contribution >= 0.6 is 35.0 Å². The fraction of sp³-hybridized carbons (Fsp3) is 0.167. The first kappa shape index (κ1) is 18.2. The first-order valence-corrected chi connectivity index (χ1v) is 9.78. The van der Waals surface area contributed by atoms with Crippen molar-refractivity contribution in [1.82, 2.24) is 19.6 Å². The largest absolute Gasteiger partial charge is 0.484 e. The number of aryl methyl sites for hydroxylation is 1. The highest BCUT2D eigenvalue weighted by Crippen LogP contribution is 2.25. The molecule has 0 unspecified atom stereocenters. The Labute approximate surface area is 169 Å². The number of pyridine rings is 1. The van der Waals surface area contributed by atoms with Crippen molar-refractivity contribution in [2.45, 2.75) is 24.5 Å². The SMILES string of the molecule is Cc1cccc(OCc2nnc(SCc3cn4cc(Cl)cc(Cl)c4n3)o2)c1. The zero-order chi connectivity index (χ0) is 18.8. The van der Waals surface area contributed by atoms with Crippen LogP contribution in [0, 0.1) is 6.92 Å². The van der Waals surface area contributed by atoms with Gasteiger partial charge in [0.1, 0.15) is 5.75 Å². The molecule has 4 rings (SSSR count). The number of fused-ring (bicyclic) bond motifs is 1. The lowest BCUT2D eigenvalue weighted by Crippen LogP contribution is -1.95. The third-order valence-electron chi connectivity index (χ3n) is 3.67. The van der Waals surface area contributed by atoms with Gasteiger partial charge in [-0.05, 0) is 30.7 Å². The molecule has 0 amide bonds. The van der Waals surface area contributed by atoms with Crippen molar-refractivity contribution < 1.29 is 9.15 Å². The van der Waals surface area contributed by atoms with E-state index in [2.05, 4.69) is 15.2 Å². The molecule has 138 valence electrons. The topological polar surface area (TPSA) is 65.5 Å². The Morgan fingerprint density at radius 3 is 2.93 bits per heavy atom. The molecule has 0 fully saturated rings. The number of hydrogen-bond donors (Lipinski definition) is 0. The van der Waals surface area contributed by atoms with Crippen LogP contribution in [0.2, 0.25) is 10.0 Å². The molecule has 27 heavy (non-hydrogen) atoms. The van der Waals surface area contributed by atoms with Gasteiger partial charge in [0.2, 0.25) is 0 Å². The third kappa shape index (κ3) is 4.37. The predicted molar refractivity (Wildman–Crippen MR) is 105 cm³/mol. The summed E-state index contributed by atoms with van der Waals surface area (Å²) in [6, 6.07) is 9.45. The maximum absolute atomic E-state index is 6.16. The normalized spacial score (nSPS) is 11.2. The maximum Gasteiger partial charge on any atom is 0.277 e. The molecule has 0 bridgehead atoms. The molecule has 0 aliphatic heterocycles. The first-order chi connectivity index (χ1) is 13.1. The summed E-state index contributed by atoms with van der Waals surface area (Å²) in [7, 11) is 0. The van der Waals surface area contributed by atoms with E-state index in [1.807, 2.05) is 37.4 Å². The Hall–Kier alpha value is -2.22. The molecule has 0 N–H and O–H groups in total. The summed E-state index contributed by atoms with van der Waals surface area (Å²) in [5.41, 5.74) is 2.62. The minimum absolute atomic E-state index is 0.222. The predicted octanol–water partition coefficient (Wildman–Crippen LogP) is 5.20. The Balaban J connectivity index is 1.37. The molecular weight excluding hydrogens is 407 g/mol.